The average molecular weight is 305 g/mol. The predicted molar refractivity (Wildman–Crippen MR) is 77.1 cm³/mol. The predicted octanol–water partition coefficient (Wildman–Crippen LogP) is 1.48. The maximum absolute atomic E-state index is 11.9. The first-order valence-electron chi connectivity index (χ1n) is 5.57. The van der Waals surface area contributed by atoms with Gasteiger partial charge in [-0.25, -0.2) is 8.42 Å². The molecule has 7 heteroatoms. The summed E-state index contributed by atoms with van der Waals surface area (Å²) in [6.07, 6.45) is 1.14. The van der Waals surface area contributed by atoms with E-state index in [1.165, 1.54) is 18.2 Å². The Morgan fingerprint density at radius 1 is 1.42 bits per heavy atom. The highest BCUT2D eigenvalue weighted by Gasteiger charge is 2.30. The molecule has 1 rings (SSSR count). The second kappa shape index (κ2) is 5.38. The Morgan fingerprint density at radius 3 is 2.47 bits per heavy atom. The van der Waals surface area contributed by atoms with Crippen molar-refractivity contribution in [3.05, 3.63) is 28.8 Å². The van der Waals surface area contributed by atoms with Gasteiger partial charge >= 0.3 is 0 Å². The lowest BCUT2D eigenvalue weighted by atomic mass is 10.1. The van der Waals surface area contributed by atoms with E-state index in [0.29, 0.717) is 11.3 Å². The highest BCUT2D eigenvalue weighted by molar-refractivity contribution is 7.92. The van der Waals surface area contributed by atoms with Crippen molar-refractivity contribution in [2.45, 2.75) is 18.6 Å². The number of rotatable bonds is 4. The minimum atomic E-state index is -3.26. The first-order valence-corrected chi connectivity index (χ1v) is 7.84. The van der Waals surface area contributed by atoms with Crippen LogP contribution in [0.2, 0.25) is 5.02 Å². The Kier molecular flexibility index (Phi) is 4.47. The molecule has 0 bridgehead atoms. The smallest absolute Gasteiger partial charge is 0.251 e. The molecular formula is C12H17ClN2O3S. The van der Waals surface area contributed by atoms with Gasteiger partial charge in [0.05, 0.1) is 15.5 Å². The molecule has 0 radical (unpaired) electrons. The molecule has 1 amide bonds. The van der Waals surface area contributed by atoms with E-state index in [1.54, 1.807) is 13.8 Å². The number of nitrogens with two attached hydrogens (primary N) is 1. The minimum Gasteiger partial charge on any atom is -0.398 e. The van der Waals surface area contributed by atoms with Gasteiger partial charge in [-0.3, -0.25) is 4.79 Å². The van der Waals surface area contributed by atoms with Gasteiger partial charge in [0.25, 0.3) is 5.91 Å². The average Bonchev–Trinajstić information content (AvgIpc) is 2.28. The molecule has 0 atom stereocenters. The molecule has 1 aromatic carbocycles. The summed E-state index contributed by atoms with van der Waals surface area (Å²) in [5.74, 6) is -0.390. The van der Waals surface area contributed by atoms with Crippen LogP contribution in [0.1, 0.15) is 24.2 Å². The summed E-state index contributed by atoms with van der Waals surface area (Å²) in [6, 6.07) is 4.50. The van der Waals surface area contributed by atoms with Gasteiger partial charge in [-0.1, -0.05) is 11.6 Å². The molecule has 0 aliphatic heterocycles. The number of benzene rings is 1. The van der Waals surface area contributed by atoms with Crippen LogP contribution < -0.4 is 11.1 Å². The van der Waals surface area contributed by atoms with Crippen molar-refractivity contribution in [3.8, 4) is 0 Å². The van der Waals surface area contributed by atoms with Gasteiger partial charge in [0, 0.05) is 18.4 Å². The monoisotopic (exact) mass is 304 g/mol. The van der Waals surface area contributed by atoms with Crippen LogP contribution in [-0.2, 0) is 9.84 Å². The van der Waals surface area contributed by atoms with Crippen molar-refractivity contribution in [1.29, 1.82) is 0 Å². The zero-order valence-electron chi connectivity index (χ0n) is 11.0. The fourth-order valence-electron chi connectivity index (χ4n) is 1.19. The molecule has 0 aliphatic carbocycles. The highest BCUT2D eigenvalue weighted by atomic mass is 35.5. The molecule has 0 aliphatic rings. The number of carbonyl (C=O) groups is 1. The Morgan fingerprint density at radius 2 is 2.00 bits per heavy atom. The Bertz CT molecular complexity index is 597. The molecule has 106 valence electrons. The zero-order valence-corrected chi connectivity index (χ0v) is 12.6. The van der Waals surface area contributed by atoms with Gasteiger partial charge in [0.1, 0.15) is 0 Å². The highest BCUT2D eigenvalue weighted by Crippen LogP contribution is 2.20. The summed E-state index contributed by atoms with van der Waals surface area (Å²) < 4.78 is 22.0. The topological polar surface area (TPSA) is 89.3 Å². The maximum atomic E-state index is 11.9. The van der Waals surface area contributed by atoms with Crippen LogP contribution in [0.5, 0.6) is 0 Å². The number of amides is 1. The van der Waals surface area contributed by atoms with E-state index in [0.717, 1.165) is 6.26 Å². The lowest BCUT2D eigenvalue weighted by Gasteiger charge is -2.22. The molecular weight excluding hydrogens is 288 g/mol. The van der Waals surface area contributed by atoms with Gasteiger partial charge in [-0.2, -0.15) is 0 Å². The molecule has 3 N–H and O–H groups in total. The summed E-state index contributed by atoms with van der Waals surface area (Å²) in [6.45, 7) is 3.13. The third kappa shape index (κ3) is 3.84. The van der Waals surface area contributed by atoms with E-state index in [4.69, 9.17) is 17.3 Å². The number of carbonyl (C=O) groups excluding carboxylic acids is 1. The third-order valence-corrected chi connectivity index (χ3v) is 5.42. The lowest BCUT2D eigenvalue weighted by Crippen LogP contribution is -2.43. The Hall–Kier alpha value is -1.27. The summed E-state index contributed by atoms with van der Waals surface area (Å²) >= 11 is 5.82. The number of nitrogens with one attached hydrogen (secondary N) is 1. The van der Waals surface area contributed by atoms with Gasteiger partial charge in [0.2, 0.25) is 0 Å². The van der Waals surface area contributed by atoms with Crippen LogP contribution in [0.4, 0.5) is 5.69 Å². The van der Waals surface area contributed by atoms with E-state index in [-0.39, 0.29) is 11.6 Å². The molecule has 0 fully saturated rings. The molecule has 0 saturated carbocycles. The molecule has 1 aromatic rings. The number of hydrogen-bond donors (Lipinski definition) is 2. The van der Waals surface area contributed by atoms with Crippen molar-refractivity contribution in [1.82, 2.24) is 5.32 Å². The lowest BCUT2D eigenvalue weighted by molar-refractivity contribution is 0.0950. The standard InChI is InChI=1S/C12H17ClN2O3S/c1-12(2,19(3,17)18)7-15-11(16)8-4-5-10(14)9(13)6-8/h4-6H,7,14H2,1-3H3,(H,15,16). The summed E-state index contributed by atoms with van der Waals surface area (Å²) in [7, 11) is -3.26. The normalized spacial score (nSPS) is 12.2. The zero-order chi connectivity index (χ0) is 14.8. The van der Waals surface area contributed by atoms with Crippen molar-refractivity contribution >= 4 is 33.0 Å². The van der Waals surface area contributed by atoms with Gasteiger partial charge in [-0.05, 0) is 32.0 Å². The van der Waals surface area contributed by atoms with Crippen molar-refractivity contribution in [2.24, 2.45) is 0 Å². The van der Waals surface area contributed by atoms with Gasteiger partial charge < -0.3 is 11.1 Å². The second-order valence-electron chi connectivity index (χ2n) is 4.95. The number of sulfone groups is 1. The van der Waals surface area contributed by atoms with Crippen LogP contribution in [0.25, 0.3) is 0 Å². The van der Waals surface area contributed by atoms with Crippen molar-refractivity contribution < 1.29 is 13.2 Å². The summed E-state index contributed by atoms with van der Waals surface area (Å²) in [4.78, 5) is 11.9. The molecule has 0 unspecified atom stereocenters. The van der Waals surface area contributed by atoms with E-state index >= 15 is 0 Å². The number of hydrogen-bond acceptors (Lipinski definition) is 4. The fraction of sp³-hybridized carbons (Fsp3) is 0.417. The SMILES string of the molecule is CC(C)(CNC(=O)c1ccc(N)c(Cl)c1)S(C)(=O)=O. The molecule has 0 aromatic heterocycles. The molecule has 19 heavy (non-hydrogen) atoms. The summed E-state index contributed by atoms with van der Waals surface area (Å²) in [5.41, 5.74) is 6.27. The van der Waals surface area contributed by atoms with Crippen molar-refractivity contribution in [2.75, 3.05) is 18.5 Å². The molecule has 0 heterocycles. The van der Waals surface area contributed by atoms with E-state index in [9.17, 15) is 13.2 Å². The Labute approximate surface area is 118 Å². The largest absolute Gasteiger partial charge is 0.398 e. The fourth-order valence-corrected chi connectivity index (χ4v) is 1.71. The van der Waals surface area contributed by atoms with Crippen molar-refractivity contribution in [3.63, 3.8) is 0 Å². The molecule has 5 nitrogen and oxygen atoms in total. The number of halogens is 1. The first-order chi connectivity index (χ1) is 8.54. The molecule has 0 saturated heterocycles. The van der Waals surface area contributed by atoms with Gasteiger partial charge in [0.15, 0.2) is 9.84 Å². The van der Waals surface area contributed by atoms with Crippen LogP contribution in [-0.4, -0.2) is 31.9 Å². The number of nitrogen functional groups attached to an aromatic ring is 1. The first kappa shape index (κ1) is 15.8. The van der Waals surface area contributed by atoms with Crippen LogP contribution in [0, 0.1) is 0 Å². The van der Waals surface area contributed by atoms with Crippen LogP contribution in [0.3, 0.4) is 0 Å². The van der Waals surface area contributed by atoms with E-state index in [1.807, 2.05) is 0 Å². The minimum absolute atomic E-state index is 0.0205. The Balaban J connectivity index is 2.79. The summed E-state index contributed by atoms with van der Waals surface area (Å²) in [5, 5.41) is 2.86. The quantitative estimate of drug-likeness (QED) is 0.824. The molecule has 0 spiro atoms. The number of anilines is 1. The van der Waals surface area contributed by atoms with E-state index < -0.39 is 20.5 Å². The van der Waals surface area contributed by atoms with E-state index in [2.05, 4.69) is 5.32 Å². The van der Waals surface area contributed by atoms with Gasteiger partial charge in [-0.15, -0.1) is 0 Å². The van der Waals surface area contributed by atoms with Crippen LogP contribution in [0.15, 0.2) is 18.2 Å². The maximum Gasteiger partial charge on any atom is 0.251 e. The third-order valence-electron chi connectivity index (χ3n) is 2.94. The second-order valence-corrected chi connectivity index (χ2v) is 8.01. The van der Waals surface area contributed by atoms with Crippen LogP contribution >= 0.6 is 11.6 Å².